The number of aromatic nitrogens is 2. The molecule has 0 aliphatic heterocycles. The third-order valence-electron chi connectivity index (χ3n) is 3.14. The number of hydrogen-bond donors (Lipinski definition) is 0. The zero-order chi connectivity index (χ0) is 14.1. The van der Waals surface area contributed by atoms with Gasteiger partial charge in [-0.3, -0.25) is 4.57 Å². The van der Waals surface area contributed by atoms with Crippen LogP contribution in [0.5, 0.6) is 5.75 Å². The Morgan fingerprint density at radius 3 is 2.75 bits per heavy atom. The summed E-state index contributed by atoms with van der Waals surface area (Å²) < 4.78 is 7.23. The van der Waals surface area contributed by atoms with Gasteiger partial charge in [0, 0.05) is 6.07 Å². The van der Waals surface area contributed by atoms with Crippen LogP contribution in [0.3, 0.4) is 0 Å². The lowest BCUT2D eigenvalue weighted by Crippen LogP contribution is -2.00. The van der Waals surface area contributed by atoms with Crippen LogP contribution in [0.1, 0.15) is 5.82 Å². The van der Waals surface area contributed by atoms with Gasteiger partial charge in [0.1, 0.15) is 11.6 Å². The number of benzene rings is 2. The minimum atomic E-state index is 0.308. The first kappa shape index (κ1) is 13.3. The van der Waals surface area contributed by atoms with Gasteiger partial charge in [-0.15, -0.1) is 11.6 Å². The second-order valence-electron chi connectivity index (χ2n) is 4.30. The molecule has 3 nitrogen and oxygen atoms in total. The fourth-order valence-corrected chi connectivity index (χ4v) is 2.61. The lowest BCUT2D eigenvalue weighted by atomic mass is 10.2. The van der Waals surface area contributed by atoms with Crippen molar-refractivity contribution < 1.29 is 4.74 Å². The molecule has 0 N–H and O–H groups in total. The summed E-state index contributed by atoms with van der Waals surface area (Å²) in [5.41, 5.74) is 2.68. The van der Waals surface area contributed by atoms with Crippen molar-refractivity contribution in [3.8, 4) is 11.4 Å². The van der Waals surface area contributed by atoms with Crippen LogP contribution in [0.4, 0.5) is 0 Å². The maximum Gasteiger partial charge on any atom is 0.129 e. The van der Waals surface area contributed by atoms with Crippen LogP contribution < -0.4 is 4.74 Å². The summed E-state index contributed by atoms with van der Waals surface area (Å²) in [6.45, 7) is 0. The lowest BCUT2D eigenvalue weighted by Gasteiger charge is -2.11. The van der Waals surface area contributed by atoms with Gasteiger partial charge in [-0.2, -0.15) is 0 Å². The first-order valence-electron chi connectivity index (χ1n) is 6.11. The van der Waals surface area contributed by atoms with E-state index in [1.165, 1.54) is 0 Å². The van der Waals surface area contributed by atoms with Crippen molar-refractivity contribution in [2.24, 2.45) is 0 Å². The highest BCUT2D eigenvalue weighted by atomic mass is 35.5. The zero-order valence-corrected chi connectivity index (χ0v) is 12.3. The van der Waals surface area contributed by atoms with E-state index in [2.05, 4.69) is 4.98 Å². The fraction of sp³-hybridized carbons (Fsp3) is 0.133. The molecule has 20 heavy (non-hydrogen) atoms. The van der Waals surface area contributed by atoms with Crippen LogP contribution in [0.2, 0.25) is 5.02 Å². The van der Waals surface area contributed by atoms with Gasteiger partial charge in [0.25, 0.3) is 0 Å². The number of rotatable bonds is 3. The molecule has 5 heteroatoms. The zero-order valence-electron chi connectivity index (χ0n) is 10.8. The van der Waals surface area contributed by atoms with Crippen LogP contribution in [0.15, 0.2) is 42.5 Å². The van der Waals surface area contributed by atoms with Gasteiger partial charge in [0.05, 0.1) is 34.7 Å². The smallest absolute Gasteiger partial charge is 0.129 e. The van der Waals surface area contributed by atoms with E-state index in [4.69, 9.17) is 27.9 Å². The average molecular weight is 307 g/mol. The lowest BCUT2D eigenvalue weighted by molar-refractivity contribution is 0.414. The Balaban J connectivity index is 2.33. The van der Waals surface area contributed by atoms with Gasteiger partial charge >= 0.3 is 0 Å². The Morgan fingerprint density at radius 1 is 1.20 bits per heavy atom. The summed E-state index contributed by atoms with van der Waals surface area (Å²) in [6.07, 6.45) is 0. The highest BCUT2D eigenvalue weighted by Gasteiger charge is 2.14. The Hall–Kier alpha value is -1.71. The maximum absolute atomic E-state index is 6.33. The van der Waals surface area contributed by atoms with Gasteiger partial charge in [-0.05, 0) is 24.3 Å². The predicted octanol–water partition coefficient (Wildman–Crippen LogP) is 4.43. The van der Waals surface area contributed by atoms with E-state index in [0.717, 1.165) is 28.3 Å². The van der Waals surface area contributed by atoms with Gasteiger partial charge in [-0.1, -0.05) is 23.7 Å². The number of fused-ring (bicyclic) bond motifs is 1. The van der Waals surface area contributed by atoms with Gasteiger partial charge in [0.2, 0.25) is 0 Å². The number of ether oxygens (including phenoxy) is 1. The van der Waals surface area contributed by atoms with E-state index >= 15 is 0 Å². The number of halogens is 2. The number of para-hydroxylation sites is 2. The topological polar surface area (TPSA) is 27.1 Å². The maximum atomic E-state index is 6.33. The van der Waals surface area contributed by atoms with E-state index in [1.807, 2.05) is 47.0 Å². The molecule has 0 amide bonds. The SMILES string of the molecule is COc1ccc(Cl)c(-n2c(CCl)nc3ccccc32)c1. The Kier molecular flexibility index (Phi) is 3.55. The number of methoxy groups -OCH3 is 1. The van der Waals surface area contributed by atoms with Gasteiger partial charge in [0.15, 0.2) is 0 Å². The van der Waals surface area contributed by atoms with Crippen molar-refractivity contribution in [1.82, 2.24) is 9.55 Å². The van der Waals surface area contributed by atoms with Crippen LogP contribution in [-0.4, -0.2) is 16.7 Å². The number of imidazole rings is 1. The molecular formula is C15H12Cl2N2O. The summed E-state index contributed by atoms with van der Waals surface area (Å²) in [5, 5.41) is 0.625. The largest absolute Gasteiger partial charge is 0.497 e. The third kappa shape index (κ3) is 2.13. The number of hydrogen-bond acceptors (Lipinski definition) is 2. The first-order valence-corrected chi connectivity index (χ1v) is 7.02. The summed E-state index contributed by atoms with van der Waals surface area (Å²) in [7, 11) is 1.63. The molecule has 0 atom stereocenters. The second kappa shape index (κ2) is 5.35. The first-order chi connectivity index (χ1) is 9.74. The number of nitrogens with zero attached hydrogens (tertiary/aromatic N) is 2. The van der Waals surface area contributed by atoms with E-state index in [9.17, 15) is 0 Å². The highest BCUT2D eigenvalue weighted by Crippen LogP contribution is 2.30. The van der Waals surface area contributed by atoms with Crippen molar-refractivity contribution >= 4 is 34.2 Å². The average Bonchev–Trinajstić information content (AvgIpc) is 2.86. The van der Waals surface area contributed by atoms with Crippen LogP contribution in [-0.2, 0) is 5.88 Å². The minimum absolute atomic E-state index is 0.308. The van der Waals surface area contributed by atoms with Crippen molar-refractivity contribution in [2.75, 3.05) is 7.11 Å². The quantitative estimate of drug-likeness (QED) is 0.669. The molecule has 3 rings (SSSR count). The van der Waals surface area contributed by atoms with Gasteiger partial charge < -0.3 is 4.74 Å². The summed E-state index contributed by atoms with van der Waals surface area (Å²) >= 11 is 12.3. The van der Waals surface area contributed by atoms with E-state index in [1.54, 1.807) is 7.11 Å². The van der Waals surface area contributed by atoms with Crippen LogP contribution >= 0.6 is 23.2 Å². The van der Waals surface area contributed by atoms with Gasteiger partial charge in [-0.25, -0.2) is 4.98 Å². The molecule has 102 valence electrons. The molecule has 0 spiro atoms. The van der Waals surface area contributed by atoms with E-state index in [-0.39, 0.29) is 0 Å². The van der Waals surface area contributed by atoms with Crippen molar-refractivity contribution in [1.29, 1.82) is 0 Å². The molecule has 1 aromatic heterocycles. The standard InChI is InChI=1S/C15H12Cl2N2O/c1-20-10-6-7-11(17)14(8-10)19-13-5-3-2-4-12(13)18-15(19)9-16/h2-8H,9H2,1H3. The van der Waals surface area contributed by atoms with Crippen molar-refractivity contribution in [2.45, 2.75) is 5.88 Å². The Morgan fingerprint density at radius 2 is 2.00 bits per heavy atom. The Labute approximate surface area is 126 Å². The molecule has 0 saturated carbocycles. The molecular weight excluding hydrogens is 295 g/mol. The summed E-state index contributed by atoms with van der Waals surface area (Å²) in [4.78, 5) is 4.54. The molecule has 2 aromatic carbocycles. The second-order valence-corrected chi connectivity index (χ2v) is 4.98. The summed E-state index contributed by atoms with van der Waals surface area (Å²) in [6, 6.07) is 13.4. The van der Waals surface area contributed by atoms with Crippen molar-refractivity contribution in [3.05, 3.63) is 53.3 Å². The molecule has 0 aliphatic rings. The molecule has 0 unspecified atom stereocenters. The van der Waals surface area contributed by atoms with Crippen molar-refractivity contribution in [3.63, 3.8) is 0 Å². The highest BCUT2D eigenvalue weighted by molar-refractivity contribution is 6.32. The molecule has 0 radical (unpaired) electrons. The summed E-state index contributed by atoms with van der Waals surface area (Å²) in [5.74, 6) is 1.80. The number of alkyl halides is 1. The third-order valence-corrected chi connectivity index (χ3v) is 3.70. The molecule has 0 aliphatic carbocycles. The molecule has 0 saturated heterocycles. The van der Waals surface area contributed by atoms with Crippen LogP contribution in [0.25, 0.3) is 16.7 Å². The predicted molar refractivity (Wildman–Crippen MR) is 82.2 cm³/mol. The fourth-order valence-electron chi connectivity index (χ4n) is 2.23. The van der Waals surface area contributed by atoms with E-state index < -0.39 is 0 Å². The normalized spacial score (nSPS) is 10.9. The minimum Gasteiger partial charge on any atom is -0.497 e. The molecule has 0 fully saturated rings. The monoisotopic (exact) mass is 306 g/mol. The molecule has 3 aromatic rings. The Bertz CT molecular complexity index is 768. The van der Waals surface area contributed by atoms with Crippen LogP contribution in [0, 0.1) is 0 Å². The molecule has 0 bridgehead atoms. The van der Waals surface area contributed by atoms with E-state index in [0.29, 0.717) is 10.9 Å². The molecule has 1 heterocycles.